The summed E-state index contributed by atoms with van der Waals surface area (Å²) in [5, 5.41) is 6.71. The highest BCUT2D eigenvalue weighted by Gasteiger charge is 2.15. The minimum absolute atomic E-state index is 0.133. The van der Waals surface area contributed by atoms with Gasteiger partial charge in [0.25, 0.3) is 5.91 Å². The van der Waals surface area contributed by atoms with Crippen molar-refractivity contribution >= 4 is 5.91 Å². The van der Waals surface area contributed by atoms with Crippen molar-refractivity contribution in [3.05, 3.63) is 60.1 Å². The molecule has 0 saturated heterocycles. The SMILES string of the molecule is COc1ccc(-c2cc(C(=O)NCc3cccnc3)on2)cc1OC. The lowest BCUT2D eigenvalue weighted by Crippen LogP contribution is -2.22. The lowest BCUT2D eigenvalue weighted by Gasteiger charge is -2.07. The average molecular weight is 339 g/mol. The van der Waals surface area contributed by atoms with E-state index in [0.717, 1.165) is 11.1 Å². The Morgan fingerprint density at radius 1 is 1.16 bits per heavy atom. The third-order valence-corrected chi connectivity index (χ3v) is 3.59. The predicted octanol–water partition coefficient (Wildman–Crippen LogP) is 2.68. The number of pyridine rings is 1. The Kier molecular flexibility index (Phi) is 4.94. The molecule has 0 fully saturated rings. The van der Waals surface area contributed by atoms with Crippen LogP contribution in [0.15, 0.2) is 53.3 Å². The highest BCUT2D eigenvalue weighted by molar-refractivity contribution is 5.92. The van der Waals surface area contributed by atoms with Crippen LogP contribution in [-0.2, 0) is 6.54 Å². The van der Waals surface area contributed by atoms with Gasteiger partial charge in [0.2, 0.25) is 5.76 Å². The zero-order valence-electron chi connectivity index (χ0n) is 13.9. The van der Waals surface area contributed by atoms with E-state index in [4.69, 9.17) is 14.0 Å². The predicted molar refractivity (Wildman–Crippen MR) is 90.5 cm³/mol. The van der Waals surface area contributed by atoms with Gasteiger partial charge in [0, 0.05) is 30.6 Å². The van der Waals surface area contributed by atoms with E-state index >= 15 is 0 Å². The summed E-state index contributed by atoms with van der Waals surface area (Å²) in [6, 6.07) is 10.6. The van der Waals surface area contributed by atoms with Crippen LogP contribution in [0.1, 0.15) is 16.1 Å². The quantitative estimate of drug-likeness (QED) is 0.743. The van der Waals surface area contributed by atoms with Crippen molar-refractivity contribution in [2.75, 3.05) is 14.2 Å². The molecule has 2 heterocycles. The number of benzene rings is 1. The Hall–Kier alpha value is -3.35. The Labute approximate surface area is 144 Å². The zero-order chi connectivity index (χ0) is 17.6. The number of aromatic nitrogens is 2. The summed E-state index contributed by atoms with van der Waals surface area (Å²) in [4.78, 5) is 16.2. The standard InChI is InChI=1S/C18H17N3O4/c1-23-15-6-5-13(8-16(15)24-2)14-9-17(25-21-14)18(22)20-11-12-4-3-7-19-10-12/h3-10H,11H2,1-2H3,(H,20,22). The summed E-state index contributed by atoms with van der Waals surface area (Å²) < 4.78 is 15.6. The van der Waals surface area contributed by atoms with Gasteiger partial charge in [-0.25, -0.2) is 0 Å². The molecule has 1 aromatic carbocycles. The third kappa shape index (κ3) is 3.77. The summed E-state index contributed by atoms with van der Waals surface area (Å²) in [6.45, 7) is 0.360. The van der Waals surface area contributed by atoms with Crippen LogP contribution >= 0.6 is 0 Å². The molecule has 0 aliphatic carbocycles. The molecule has 0 aliphatic rings. The Balaban J connectivity index is 1.72. The molecule has 2 aromatic heterocycles. The van der Waals surface area contributed by atoms with Crippen LogP contribution in [0.3, 0.4) is 0 Å². The van der Waals surface area contributed by atoms with E-state index in [9.17, 15) is 4.79 Å². The first kappa shape index (κ1) is 16.5. The van der Waals surface area contributed by atoms with E-state index in [1.54, 1.807) is 44.8 Å². The van der Waals surface area contributed by atoms with Crippen molar-refractivity contribution < 1.29 is 18.8 Å². The van der Waals surface area contributed by atoms with Crippen LogP contribution in [0.25, 0.3) is 11.3 Å². The second kappa shape index (κ2) is 7.48. The van der Waals surface area contributed by atoms with Crippen LogP contribution in [0.4, 0.5) is 0 Å². The summed E-state index contributed by atoms with van der Waals surface area (Å²) in [5.74, 6) is 0.978. The van der Waals surface area contributed by atoms with Gasteiger partial charge in [0.1, 0.15) is 5.69 Å². The molecule has 1 amide bonds. The molecular weight excluding hydrogens is 322 g/mol. The Bertz CT molecular complexity index is 862. The number of methoxy groups -OCH3 is 2. The van der Waals surface area contributed by atoms with Gasteiger partial charge in [-0.2, -0.15) is 0 Å². The van der Waals surface area contributed by atoms with Crippen molar-refractivity contribution in [2.24, 2.45) is 0 Å². The fraction of sp³-hybridized carbons (Fsp3) is 0.167. The molecule has 0 saturated carbocycles. The maximum Gasteiger partial charge on any atom is 0.290 e. The van der Waals surface area contributed by atoms with E-state index in [2.05, 4.69) is 15.5 Å². The zero-order valence-corrected chi connectivity index (χ0v) is 13.9. The van der Waals surface area contributed by atoms with Crippen LogP contribution in [0.5, 0.6) is 11.5 Å². The van der Waals surface area contributed by atoms with Gasteiger partial charge in [0.15, 0.2) is 11.5 Å². The van der Waals surface area contributed by atoms with Gasteiger partial charge in [-0.15, -0.1) is 0 Å². The van der Waals surface area contributed by atoms with E-state index in [1.165, 1.54) is 0 Å². The normalized spacial score (nSPS) is 10.3. The minimum atomic E-state index is -0.344. The summed E-state index contributed by atoms with van der Waals surface area (Å²) in [7, 11) is 3.13. The lowest BCUT2D eigenvalue weighted by atomic mass is 10.1. The topological polar surface area (TPSA) is 86.5 Å². The minimum Gasteiger partial charge on any atom is -0.493 e. The molecule has 25 heavy (non-hydrogen) atoms. The second-order valence-corrected chi connectivity index (χ2v) is 5.19. The third-order valence-electron chi connectivity index (χ3n) is 3.59. The molecule has 7 heteroatoms. The van der Waals surface area contributed by atoms with Crippen molar-refractivity contribution in [1.29, 1.82) is 0 Å². The highest BCUT2D eigenvalue weighted by atomic mass is 16.5. The van der Waals surface area contributed by atoms with Crippen LogP contribution < -0.4 is 14.8 Å². The van der Waals surface area contributed by atoms with Gasteiger partial charge >= 0.3 is 0 Å². The van der Waals surface area contributed by atoms with E-state index in [0.29, 0.717) is 23.7 Å². The molecule has 128 valence electrons. The highest BCUT2D eigenvalue weighted by Crippen LogP contribution is 2.31. The maximum atomic E-state index is 12.2. The van der Waals surface area contributed by atoms with Gasteiger partial charge in [-0.3, -0.25) is 9.78 Å². The molecule has 0 aliphatic heterocycles. The molecule has 0 atom stereocenters. The van der Waals surface area contributed by atoms with Crippen molar-refractivity contribution in [3.63, 3.8) is 0 Å². The second-order valence-electron chi connectivity index (χ2n) is 5.19. The van der Waals surface area contributed by atoms with E-state index in [-0.39, 0.29) is 11.7 Å². The number of nitrogens with zero attached hydrogens (tertiary/aromatic N) is 2. The van der Waals surface area contributed by atoms with Gasteiger partial charge < -0.3 is 19.3 Å². The van der Waals surface area contributed by atoms with Crippen LogP contribution in [0.2, 0.25) is 0 Å². The molecule has 0 spiro atoms. The lowest BCUT2D eigenvalue weighted by molar-refractivity contribution is 0.0914. The first-order valence-electron chi connectivity index (χ1n) is 7.57. The van der Waals surface area contributed by atoms with Crippen molar-refractivity contribution in [1.82, 2.24) is 15.5 Å². The molecule has 3 aromatic rings. The van der Waals surface area contributed by atoms with Gasteiger partial charge in [0.05, 0.1) is 14.2 Å². The molecule has 1 N–H and O–H groups in total. The van der Waals surface area contributed by atoms with E-state index in [1.807, 2.05) is 18.2 Å². The molecule has 0 unspecified atom stereocenters. The fourth-order valence-corrected chi connectivity index (χ4v) is 2.29. The first-order valence-corrected chi connectivity index (χ1v) is 7.57. The smallest absolute Gasteiger partial charge is 0.290 e. The maximum absolute atomic E-state index is 12.2. The Morgan fingerprint density at radius 2 is 2.00 bits per heavy atom. The molecule has 0 radical (unpaired) electrons. The molecular formula is C18H17N3O4. The number of nitrogens with one attached hydrogen (secondary N) is 1. The monoisotopic (exact) mass is 339 g/mol. The van der Waals surface area contributed by atoms with Crippen molar-refractivity contribution in [2.45, 2.75) is 6.54 Å². The number of carbonyl (C=O) groups is 1. The van der Waals surface area contributed by atoms with Crippen LogP contribution in [-0.4, -0.2) is 30.3 Å². The Morgan fingerprint density at radius 3 is 2.72 bits per heavy atom. The summed E-state index contributed by atoms with van der Waals surface area (Å²) in [5.41, 5.74) is 2.19. The number of amides is 1. The molecule has 0 bridgehead atoms. The van der Waals surface area contributed by atoms with Gasteiger partial charge in [-0.05, 0) is 29.8 Å². The molecule has 7 nitrogen and oxygen atoms in total. The first-order chi connectivity index (χ1) is 12.2. The molecule has 3 rings (SSSR count). The summed E-state index contributed by atoms with van der Waals surface area (Å²) >= 11 is 0. The largest absolute Gasteiger partial charge is 0.493 e. The fourth-order valence-electron chi connectivity index (χ4n) is 2.29. The number of hydrogen-bond donors (Lipinski definition) is 1. The van der Waals surface area contributed by atoms with Crippen LogP contribution in [0, 0.1) is 0 Å². The average Bonchev–Trinajstić information content (AvgIpc) is 3.16. The van der Waals surface area contributed by atoms with Gasteiger partial charge in [-0.1, -0.05) is 11.2 Å². The number of carbonyl (C=O) groups excluding carboxylic acids is 1. The number of rotatable bonds is 6. The summed E-state index contributed by atoms with van der Waals surface area (Å²) in [6.07, 6.45) is 3.37. The van der Waals surface area contributed by atoms with E-state index < -0.39 is 0 Å². The van der Waals surface area contributed by atoms with Crippen molar-refractivity contribution in [3.8, 4) is 22.8 Å². The number of ether oxygens (including phenoxy) is 2. The number of hydrogen-bond acceptors (Lipinski definition) is 6.